The van der Waals surface area contributed by atoms with Gasteiger partial charge in [0.25, 0.3) is 0 Å². The molecule has 2 aromatic rings. The lowest BCUT2D eigenvalue weighted by molar-refractivity contribution is -0.131. The molecule has 6 heteroatoms. The number of benzene rings is 1. The maximum Gasteiger partial charge on any atom is 0.242 e. The number of amides is 1. The molecule has 0 aliphatic carbocycles. The Balaban J connectivity index is 2.07. The van der Waals surface area contributed by atoms with Gasteiger partial charge in [-0.05, 0) is 36.7 Å². The van der Waals surface area contributed by atoms with E-state index < -0.39 is 0 Å². The molecule has 1 amide bonds. The number of nitrogens with one attached hydrogen (secondary N) is 1. The van der Waals surface area contributed by atoms with E-state index in [1.54, 1.807) is 9.47 Å². The van der Waals surface area contributed by atoms with Gasteiger partial charge in [-0.25, -0.2) is 0 Å². The van der Waals surface area contributed by atoms with E-state index >= 15 is 0 Å². The zero-order chi connectivity index (χ0) is 16.1. The van der Waals surface area contributed by atoms with Gasteiger partial charge in [0.1, 0.15) is 12.4 Å². The lowest BCUT2D eigenvalue weighted by atomic mass is 10.1. The number of carbonyl (C=O) groups is 1. The number of aromatic nitrogens is 3. The van der Waals surface area contributed by atoms with Crippen LogP contribution in [0.15, 0.2) is 24.3 Å². The molecule has 5 nitrogen and oxygen atoms in total. The lowest BCUT2D eigenvalue weighted by Gasteiger charge is -2.19. The van der Waals surface area contributed by atoms with Crippen LogP contribution in [0, 0.1) is 11.7 Å². The number of hydrogen-bond donors (Lipinski definition) is 1. The fourth-order valence-corrected chi connectivity index (χ4v) is 2.53. The van der Waals surface area contributed by atoms with E-state index in [-0.39, 0.29) is 12.5 Å². The van der Waals surface area contributed by atoms with Gasteiger partial charge >= 0.3 is 0 Å². The van der Waals surface area contributed by atoms with Gasteiger partial charge in [-0.3, -0.25) is 14.5 Å². The van der Waals surface area contributed by atoms with Gasteiger partial charge in [-0.1, -0.05) is 31.2 Å². The molecule has 0 saturated heterocycles. The summed E-state index contributed by atoms with van der Waals surface area (Å²) in [5, 5.41) is 6.96. The third kappa shape index (κ3) is 3.82. The minimum Gasteiger partial charge on any atom is -0.340 e. The molecule has 1 heterocycles. The first-order chi connectivity index (χ1) is 10.5. The van der Waals surface area contributed by atoms with E-state index in [9.17, 15) is 4.79 Å². The van der Waals surface area contributed by atoms with Crippen molar-refractivity contribution in [2.75, 3.05) is 7.05 Å². The third-order valence-electron chi connectivity index (χ3n) is 3.70. The number of nitrogens with zero attached hydrogens (tertiary/aromatic N) is 3. The summed E-state index contributed by atoms with van der Waals surface area (Å²) < 4.78 is 2.29. The Bertz CT molecular complexity index is 704. The predicted octanol–water partition coefficient (Wildman–Crippen LogP) is 2.86. The summed E-state index contributed by atoms with van der Waals surface area (Å²) in [7, 11) is 1.82. The molecule has 0 fully saturated rings. The van der Waals surface area contributed by atoms with Crippen molar-refractivity contribution in [3.63, 3.8) is 0 Å². The number of aromatic amines is 1. The molecule has 0 aliphatic rings. The zero-order valence-corrected chi connectivity index (χ0v) is 14.1. The molecule has 0 saturated carbocycles. The van der Waals surface area contributed by atoms with E-state index in [0.717, 1.165) is 24.2 Å². The van der Waals surface area contributed by atoms with Crippen LogP contribution in [-0.4, -0.2) is 32.6 Å². The molecular formula is C16H22N4OS. The second-order valence-corrected chi connectivity index (χ2v) is 5.84. The van der Waals surface area contributed by atoms with Crippen molar-refractivity contribution in [2.45, 2.75) is 39.8 Å². The van der Waals surface area contributed by atoms with E-state index in [2.05, 4.69) is 30.1 Å². The van der Waals surface area contributed by atoms with Gasteiger partial charge < -0.3 is 4.90 Å². The van der Waals surface area contributed by atoms with E-state index in [4.69, 9.17) is 12.2 Å². The molecule has 0 aliphatic heterocycles. The average Bonchev–Trinajstić information content (AvgIpc) is 2.83. The van der Waals surface area contributed by atoms with Gasteiger partial charge in [0, 0.05) is 20.0 Å². The highest BCUT2D eigenvalue weighted by molar-refractivity contribution is 7.71. The van der Waals surface area contributed by atoms with Crippen LogP contribution in [0.25, 0.3) is 0 Å². The Morgan fingerprint density at radius 2 is 2.14 bits per heavy atom. The standard InChI is InChI=1S/C16H22N4OS/c1-4-7-14-17-18-16(22)20(14)11-15(21)19(3)10-13-9-6-5-8-12(13)2/h5-6,8-9H,4,7,10-11H2,1-3H3,(H,18,22). The first-order valence-corrected chi connectivity index (χ1v) is 7.86. The van der Waals surface area contributed by atoms with Gasteiger partial charge in [0.05, 0.1) is 0 Å². The number of likely N-dealkylation sites (N-methyl/N-ethyl adjacent to an activating group) is 1. The zero-order valence-electron chi connectivity index (χ0n) is 13.3. The van der Waals surface area contributed by atoms with Crippen molar-refractivity contribution >= 4 is 18.1 Å². The molecule has 0 atom stereocenters. The molecule has 118 valence electrons. The second kappa shape index (κ2) is 7.35. The molecule has 0 unspecified atom stereocenters. The van der Waals surface area contributed by atoms with Crippen LogP contribution in [0.3, 0.4) is 0 Å². The highest BCUT2D eigenvalue weighted by atomic mass is 32.1. The molecule has 2 rings (SSSR count). The van der Waals surface area contributed by atoms with E-state index in [1.165, 1.54) is 5.56 Å². The number of rotatable bonds is 6. The molecule has 1 aromatic heterocycles. The molecule has 0 bridgehead atoms. The third-order valence-corrected chi connectivity index (χ3v) is 4.01. The highest BCUT2D eigenvalue weighted by Crippen LogP contribution is 2.10. The Hall–Kier alpha value is -1.95. The second-order valence-electron chi connectivity index (χ2n) is 5.46. The van der Waals surface area contributed by atoms with Gasteiger partial charge in [0.2, 0.25) is 5.91 Å². The normalized spacial score (nSPS) is 10.7. The van der Waals surface area contributed by atoms with E-state index in [0.29, 0.717) is 11.3 Å². The summed E-state index contributed by atoms with van der Waals surface area (Å²) in [4.78, 5) is 14.2. The van der Waals surface area contributed by atoms with Crippen molar-refractivity contribution in [3.05, 3.63) is 46.0 Å². The SMILES string of the molecule is CCCc1n[nH]c(=S)n1CC(=O)N(C)Cc1ccccc1C. The average molecular weight is 318 g/mol. The van der Waals surface area contributed by atoms with Gasteiger partial charge in [0.15, 0.2) is 4.77 Å². The number of carbonyl (C=O) groups excluding carboxylic acids is 1. The van der Waals surface area contributed by atoms with Crippen LogP contribution < -0.4 is 0 Å². The summed E-state index contributed by atoms with van der Waals surface area (Å²) in [5.41, 5.74) is 2.34. The lowest BCUT2D eigenvalue weighted by Crippen LogP contribution is -2.30. The van der Waals surface area contributed by atoms with Gasteiger partial charge in [-0.2, -0.15) is 5.10 Å². The fourth-order valence-electron chi connectivity index (χ4n) is 2.31. The van der Waals surface area contributed by atoms with Crippen molar-refractivity contribution in [1.29, 1.82) is 0 Å². The molecule has 1 N–H and O–H groups in total. The van der Waals surface area contributed by atoms with Crippen LogP contribution in [0.5, 0.6) is 0 Å². The fraction of sp³-hybridized carbons (Fsp3) is 0.438. The van der Waals surface area contributed by atoms with Crippen molar-refractivity contribution in [2.24, 2.45) is 0 Å². The first kappa shape index (κ1) is 16.4. The number of aryl methyl sites for hydroxylation is 2. The summed E-state index contributed by atoms with van der Waals surface area (Å²) in [6.07, 6.45) is 1.77. The Labute approximate surface area is 136 Å². The highest BCUT2D eigenvalue weighted by Gasteiger charge is 2.14. The minimum atomic E-state index is 0.0260. The van der Waals surface area contributed by atoms with Crippen molar-refractivity contribution in [3.8, 4) is 0 Å². The largest absolute Gasteiger partial charge is 0.340 e. The molecule has 22 heavy (non-hydrogen) atoms. The van der Waals surface area contributed by atoms with Gasteiger partial charge in [-0.15, -0.1) is 0 Å². The van der Waals surface area contributed by atoms with Crippen LogP contribution in [-0.2, 0) is 24.3 Å². The molecular weight excluding hydrogens is 296 g/mol. The first-order valence-electron chi connectivity index (χ1n) is 7.45. The van der Waals surface area contributed by atoms with E-state index in [1.807, 2.05) is 25.2 Å². The summed E-state index contributed by atoms with van der Waals surface area (Å²) in [5.74, 6) is 0.864. The van der Waals surface area contributed by atoms with Crippen LogP contribution in [0.4, 0.5) is 0 Å². The topological polar surface area (TPSA) is 53.9 Å². The summed E-state index contributed by atoms with van der Waals surface area (Å²) in [6.45, 7) is 4.96. The Morgan fingerprint density at radius 3 is 2.82 bits per heavy atom. The maximum atomic E-state index is 12.5. The summed E-state index contributed by atoms with van der Waals surface area (Å²) >= 11 is 5.22. The maximum absolute atomic E-state index is 12.5. The molecule has 0 radical (unpaired) electrons. The van der Waals surface area contributed by atoms with Crippen molar-refractivity contribution in [1.82, 2.24) is 19.7 Å². The predicted molar refractivity (Wildman–Crippen MR) is 89.1 cm³/mol. The van der Waals surface area contributed by atoms with Crippen LogP contribution in [0.1, 0.15) is 30.3 Å². The Kier molecular flexibility index (Phi) is 5.49. The molecule has 0 spiro atoms. The molecule has 1 aromatic carbocycles. The summed E-state index contributed by atoms with van der Waals surface area (Å²) in [6, 6.07) is 8.10. The quantitative estimate of drug-likeness (QED) is 0.833. The minimum absolute atomic E-state index is 0.0260. The number of hydrogen-bond acceptors (Lipinski definition) is 3. The monoisotopic (exact) mass is 318 g/mol. The number of H-pyrrole nitrogens is 1. The smallest absolute Gasteiger partial charge is 0.242 e. The Morgan fingerprint density at radius 1 is 1.41 bits per heavy atom. The van der Waals surface area contributed by atoms with Crippen LogP contribution >= 0.6 is 12.2 Å². The van der Waals surface area contributed by atoms with Crippen LogP contribution in [0.2, 0.25) is 0 Å². The van der Waals surface area contributed by atoms with Crippen molar-refractivity contribution < 1.29 is 4.79 Å².